The van der Waals surface area contributed by atoms with E-state index in [0.29, 0.717) is 6.54 Å². The largest absolute Gasteiger partial charge is 0.377 e. The van der Waals surface area contributed by atoms with Crippen molar-refractivity contribution in [2.24, 2.45) is 7.05 Å². The fraction of sp³-hybridized carbons (Fsp3) is 0.250. The number of aromatic nitrogens is 3. The molecule has 3 aromatic rings. The molecule has 21 heavy (non-hydrogen) atoms. The summed E-state index contributed by atoms with van der Waals surface area (Å²) in [6.07, 6.45) is 1.79. The standard InChI is InChI=1S/C16H18N4O/c1-3-20-14-7-5-4-6-13(14)18-15(20)10-17-12-8-9-16(21)19(2)11-12/h4-9,11,17H,3,10H2,1-2H3. The first kappa shape index (κ1) is 13.4. The third kappa shape index (κ3) is 2.54. The van der Waals surface area contributed by atoms with E-state index in [0.717, 1.165) is 29.1 Å². The van der Waals surface area contributed by atoms with Crippen molar-refractivity contribution in [1.29, 1.82) is 0 Å². The summed E-state index contributed by atoms with van der Waals surface area (Å²) in [7, 11) is 1.74. The second kappa shape index (κ2) is 5.44. The molecular formula is C16H18N4O. The molecule has 5 heteroatoms. The maximum absolute atomic E-state index is 11.4. The zero-order valence-corrected chi connectivity index (χ0v) is 12.2. The third-order valence-corrected chi connectivity index (χ3v) is 3.59. The van der Waals surface area contributed by atoms with E-state index in [4.69, 9.17) is 0 Å². The van der Waals surface area contributed by atoms with Crippen LogP contribution >= 0.6 is 0 Å². The number of nitrogens with one attached hydrogen (secondary N) is 1. The van der Waals surface area contributed by atoms with Crippen molar-refractivity contribution in [1.82, 2.24) is 14.1 Å². The molecule has 3 rings (SSSR count). The van der Waals surface area contributed by atoms with Gasteiger partial charge in [-0.15, -0.1) is 0 Å². The minimum absolute atomic E-state index is 0.0126. The van der Waals surface area contributed by atoms with Crippen LogP contribution in [0.4, 0.5) is 5.69 Å². The van der Waals surface area contributed by atoms with Gasteiger partial charge in [-0.2, -0.15) is 0 Å². The highest BCUT2D eigenvalue weighted by Crippen LogP contribution is 2.16. The maximum atomic E-state index is 11.4. The number of pyridine rings is 1. The van der Waals surface area contributed by atoms with E-state index in [1.807, 2.05) is 18.2 Å². The molecule has 2 heterocycles. The van der Waals surface area contributed by atoms with Gasteiger partial charge in [-0.25, -0.2) is 4.98 Å². The Bertz CT molecular complexity index is 832. The number of nitrogens with zero attached hydrogens (tertiary/aromatic N) is 3. The summed E-state index contributed by atoms with van der Waals surface area (Å²) in [4.78, 5) is 16.1. The molecule has 2 aromatic heterocycles. The third-order valence-electron chi connectivity index (χ3n) is 3.59. The SMILES string of the molecule is CCn1c(CNc2ccc(=O)n(C)c2)nc2ccccc21. The van der Waals surface area contributed by atoms with Gasteiger partial charge in [0.25, 0.3) is 0 Å². The molecular weight excluding hydrogens is 264 g/mol. The molecule has 0 amide bonds. The lowest BCUT2D eigenvalue weighted by Gasteiger charge is -2.09. The number of aryl methyl sites for hydroxylation is 2. The number of benzene rings is 1. The van der Waals surface area contributed by atoms with Crippen LogP contribution < -0.4 is 10.9 Å². The average Bonchev–Trinajstić information content (AvgIpc) is 2.86. The Morgan fingerprint density at radius 2 is 2.00 bits per heavy atom. The summed E-state index contributed by atoms with van der Waals surface area (Å²) in [5.74, 6) is 0.993. The van der Waals surface area contributed by atoms with Gasteiger partial charge in [0, 0.05) is 25.9 Å². The predicted octanol–water partition coefficient (Wildman–Crippen LogP) is 2.37. The Hall–Kier alpha value is -2.56. The molecule has 0 bridgehead atoms. The first-order valence-corrected chi connectivity index (χ1v) is 7.03. The molecule has 108 valence electrons. The zero-order chi connectivity index (χ0) is 14.8. The van der Waals surface area contributed by atoms with Crippen molar-refractivity contribution in [3.63, 3.8) is 0 Å². The Labute approximate surface area is 122 Å². The van der Waals surface area contributed by atoms with E-state index in [2.05, 4.69) is 27.9 Å². The lowest BCUT2D eigenvalue weighted by Crippen LogP contribution is -2.15. The number of hydrogen-bond donors (Lipinski definition) is 1. The number of imidazole rings is 1. The average molecular weight is 282 g/mol. The lowest BCUT2D eigenvalue weighted by molar-refractivity contribution is 0.728. The van der Waals surface area contributed by atoms with Crippen LogP contribution in [0.25, 0.3) is 11.0 Å². The minimum atomic E-state index is -0.0126. The van der Waals surface area contributed by atoms with Gasteiger partial charge in [0.1, 0.15) is 5.82 Å². The van der Waals surface area contributed by atoms with Crippen molar-refractivity contribution >= 4 is 16.7 Å². The summed E-state index contributed by atoms with van der Waals surface area (Å²) in [6.45, 7) is 3.62. The minimum Gasteiger partial charge on any atom is -0.377 e. The normalized spacial score (nSPS) is 11.0. The van der Waals surface area contributed by atoms with Gasteiger partial charge in [0.15, 0.2) is 0 Å². The first-order valence-electron chi connectivity index (χ1n) is 7.03. The zero-order valence-electron chi connectivity index (χ0n) is 12.2. The molecule has 1 N–H and O–H groups in total. The number of rotatable bonds is 4. The lowest BCUT2D eigenvalue weighted by atomic mass is 10.3. The Balaban J connectivity index is 1.87. The molecule has 0 atom stereocenters. The molecule has 0 unspecified atom stereocenters. The van der Waals surface area contributed by atoms with Crippen molar-refractivity contribution in [3.05, 3.63) is 58.8 Å². The van der Waals surface area contributed by atoms with E-state index < -0.39 is 0 Å². The highest BCUT2D eigenvalue weighted by molar-refractivity contribution is 5.75. The van der Waals surface area contributed by atoms with E-state index in [1.165, 1.54) is 0 Å². The number of fused-ring (bicyclic) bond motifs is 1. The molecule has 0 aliphatic carbocycles. The quantitative estimate of drug-likeness (QED) is 0.799. The van der Waals surface area contributed by atoms with Crippen molar-refractivity contribution in [2.45, 2.75) is 20.0 Å². The Morgan fingerprint density at radius 3 is 2.76 bits per heavy atom. The smallest absolute Gasteiger partial charge is 0.250 e. The van der Waals surface area contributed by atoms with Crippen molar-refractivity contribution in [2.75, 3.05) is 5.32 Å². The van der Waals surface area contributed by atoms with Crippen LogP contribution in [-0.4, -0.2) is 14.1 Å². The second-order valence-corrected chi connectivity index (χ2v) is 4.98. The van der Waals surface area contributed by atoms with Crippen LogP contribution in [0, 0.1) is 0 Å². The van der Waals surface area contributed by atoms with Crippen LogP contribution in [0.2, 0.25) is 0 Å². The molecule has 0 spiro atoms. The fourth-order valence-corrected chi connectivity index (χ4v) is 2.49. The van der Waals surface area contributed by atoms with Gasteiger partial charge in [0.2, 0.25) is 5.56 Å². The van der Waals surface area contributed by atoms with Crippen molar-refractivity contribution < 1.29 is 0 Å². The van der Waals surface area contributed by atoms with Gasteiger partial charge in [-0.05, 0) is 25.1 Å². The van der Waals surface area contributed by atoms with E-state index in [9.17, 15) is 4.79 Å². The molecule has 0 saturated heterocycles. The maximum Gasteiger partial charge on any atom is 0.250 e. The first-order chi connectivity index (χ1) is 10.2. The summed E-state index contributed by atoms with van der Waals surface area (Å²) < 4.78 is 3.76. The fourth-order valence-electron chi connectivity index (χ4n) is 2.49. The van der Waals surface area contributed by atoms with Crippen LogP contribution in [0.3, 0.4) is 0 Å². The summed E-state index contributed by atoms with van der Waals surface area (Å²) >= 11 is 0. The number of anilines is 1. The number of hydrogen-bond acceptors (Lipinski definition) is 3. The molecule has 0 aliphatic heterocycles. The molecule has 0 fully saturated rings. The van der Waals surface area contributed by atoms with Crippen LogP contribution in [0.5, 0.6) is 0 Å². The van der Waals surface area contributed by atoms with E-state index in [1.54, 1.807) is 29.9 Å². The van der Waals surface area contributed by atoms with Crippen LogP contribution in [-0.2, 0) is 20.1 Å². The van der Waals surface area contributed by atoms with Crippen LogP contribution in [0.1, 0.15) is 12.7 Å². The second-order valence-electron chi connectivity index (χ2n) is 4.98. The molecule has 0 aliphatic rings. The molecule has 0 radical (unpaired) electrons. The highest BCUT2D eigenvalue weighted by atomic mass is 16.1. The topological polar surface area (TPSA) is 51.9 Å². The van der Waals surface area contributed by atoms with Crippen molar-refractivity contribution in [3.8, 4) is 0 Å². The van der Waals surface area contributed by atoms with Gasteiger partial charge in [0.05, 0.1) is 23.3 Å². The molecule has 5 nitrogen and oxygen atoms in total. The van der Waals surface area contributed by atoms with Gasteiger partial charge in [-0.1, -0.05) is 12.1 Å². The Morgan fingerprint density at radius 1 is 1.19 bits per heavy atom. The van der Waals surface area contributed by atoms with Gasteiger partial charge >= 0.3 is 0 Å². The molecule has 0 saturated carbocycles. The Kier molecular flexibility index (Phi) is 3.48. The monoisotopic (exact) mass is 282 g/mol. The van der Waals surface area contributed by atoms with Crippen LogP contribution in [0.15, 0.2) is 47.4 Å². The van der Waals surface area contributed by atoms with Gasteiger partial charge < -0.3 is 14.5 Å². The predicted molar refractivity (Wildman–Crippen MR) is 84.4 cm³/mol. The van der Waals surface area contributed by atoms with E-state index >= 15 is 0 Å². The van der Waals surface area contributed by atoms with Gasteiger partial charge in [-0.3, -0.25) is 4.79 Å². The van der Waals surface area contributed by atoms with E-state index in [-0.39, 0.29) is 5.56 Å². The molecule has 1 aromatic carbocycles. The summed E-state index contributed by atoms with van der Waals surface area (Å²) in [5.41, 5.74) is 3.06. The highest BCUT2D eigenvalue weighted by Gasteiger charge is 2.08. The number of para-hydroxylation sites is 2. The summed E-state index contributed by atoms with van der Waals surface area (Å²) in [6, 6.07) is 11.5. The summed E-state index contributed by atoms with van der Waals surface area (Å²) in [5, 5.41) is 3.32.